The molecule has 0 aromatic carbocycles. The van der Waals surface area contributed by atoms with Crippen LogP contribution in [0.2, 0.25) is 0 Å². The maximum Gasteiger partial charge on any atom is 0.329 e. The monoisotopic (exact) mass is 288 g/mol. The Balaban J connectivity index is 2.04. The minimum atomic E-state index is -1.38. The molecule has 0 spiro atoms. The first kappa shape index (κ1) is 13.2. The van der Waals surface area contributed by atoms with E-state index >= 15 is 0 Å². The van der Waals surface area contributed by atoms with E-state index in [-0.39, 0.29) is 18.7 Å². The molecule has 0 radical (unpaired) electrons. The lowest BCUT2D eigenvalue weighted by atomic mass is 9.78. The van der Waals surface area contributed by atoms with Gasteiger partial charge in [0.1, 0.15) is 17.7 Å². The van der Waals surface area contributed by atoms with Gasteiger partial charge in [-0.1, -0.05) is 6.08 Å². The van der Waals surface area contributed by atoms with Crippen molar-refractivity contribution < 1.29 is 23.9 Å². The molecule has 3 amide bonds. The number of nitrogens with zero attached hydrogens (tertiary/aromatic N) is 1. The SMILES string of the molecule is O=C1CN(C2=CC(C(=O)O)(c3ccco3)CC=C2)C(=O)N1. The highest BCUT2D eigenvalue weighted by Crippen LogP contribution is 2.36. The van der Waals surface area contributed by atoms with E-state index in [1.54, 1.807) is 24.3 Å². The largest absolute Gasteiger partial charge is 0.480 e. The molecule has 2 N–H and O–H groups in total. The van der Waals surface area contributed by atoms with Crippen LogP contribution in [0.3, 0.4) is 0 Å². The van der Waals surface area contributed by atoms with Gasteiger partial charge in [0.05, 0.1) is 6.26 Å². The third-order valence-corrected chi connectivity index (χ3v) is 3.57. The summed E-state index contributed by atoms with van der Waals surface area (Å²) in [5.74, 6) is -1.22. The third kappa shape index (κ3) is 2.03. The number of rotatable bonds is 3. The number of hydrogen-bond donors (Lipinski definition) is 2. The average Bonchev–Trinajstić information content (AvgIpc) is 3.08. The van der Waals surface area contributed by atoms with Crippen molar-refractivity contribution in [2.75, 3.05) is 6.54 Å². The molecular formula is C14H12N2O5. The van der Waals surface area contributed by atoms with E-state index < -0.39 is 23.3 Å². The average molecular weight is 288 g/mol. The molecule has 1 aromatic heterocycles. The van der Waals surface area contributed by atoms with E-state index in [1.807, 2.05) is 0 Å². The fraction of sp³-hybridized carbons (Fsp3) is 0.214. The molecule has 0 bridgehead atoms. The summed E-state index contributed by atoms with van der Waals surface area (Å²) >= 11 is 0. The Morgan fingerprint density at radius 1 is 1.43 bits per heavy atom. The van der Waals surface area contributed by atoms with Gasteiger partial charge in [0.15, 0.2) is 0 Å². The lowest BCUT2D eigenvalue weighted by Crippen LogP contribution is -2.37. The minimum absolute atomic E-state index is 0.122. The predicted molar refractivity (Wildman–Crippen MR) is 70.1 cm³/mol. The van der Waals surface area contributed by atoms with Crippen LogP contribution >= 0.6 is 0 Å². The maximum absolute atomic E-state index is 11.8. The fourth-order valence-corrected chi connectivity index (χ4v) is 2.50. The molecule has 1 aliphatic heterocycles. The molecule has 1 saturated heterocycles. The Bertz CT molecular complexity index is 674. The molecule has 21 heavy (non-hydrogen) atoms. The van der Waals surface area contributed by atoms with E-state index in [9.17, 15) is 19.5 Å². The molecule has 2 heterocycles. The molecule has 1 unspecified atom stereocenters. The highest BCUT2D eigenvalue weighted by molar-refractivity contribution is 6.03. The number of aliphatic carboxylic acids is 1. The summed E-state index contributed by atoms with van der Waals surface area (Å²) in [5, 5.41) is 11.8. The second kappa shape index (κ2) is 4.62. The first-order valence-electron chi connectivity index (χ1n) is 6.31. The Hall–Kier alpha value is -2.83. The van der Waals surface area contributed by atoms with Gasteiger partial charge in [-0.15, -0.1) is 0 Å². The Morgan fingerprint density at radius 3 is 2.81 bits per heavy atom. The molecule has 1 aromatic rings. The zero-order valence-electron chi connectivity index (χ0n) is 10.9. The Labute approximate surface area is 119 Å². The molecule has 7 nitrogen and oxygen atoms in total. The lowest BCUT2D eigenvalue weighted by molar-refractivity contribution is -0.142. The summed E-state index contributed by atoms with van der Waals surface area (Å²) in [6.07, 6.45) is 6.34. The Kier molecular flexibility index (Phi) is 2.90. The number of imide groups is 1. The fourth-order valence-electron chi connectivity index (χ4n) is 2.50. The zero-order chi connectivity index (χ0) is 15.0. The standard InChI is InChI=1S/C14H12N2O5/c17-11-8-16(13(20)15-11)9-3-1-5-14(7-9,12(18)19)10-4-2-6-21-10/h1-4,6-7H,5,8H2,(H,18,19)(H,15,17,20). The van der Waals surface area contributed by atoms with Gasteiger partial charge in [0.25, 0.3) is 0 Å². The summed E-state index contributed by atoms with van der Waals surface area (Å²) < 4.78 is 5.25. The van der Waals surface area contributed by atoms with Crippen molar-refractivity contribution in [3.8, 4) is 0 Å². The van der Waals surface area contributed by atoms with E-state index in [0.717, 1.165) is 0 Å². The van der Waals surface area contributed by atoms with Crippen LogP contribution in [-0.2, 0) is 15.0 Å². The number of urea groups is 1. The van der Waals surface area contributed by atoms with Crippen LogP contribution in [0.4, 0.5) is 4.79 Å². The molecule has 0 saturated carbocycles. The van der Waals surface area contributed by atoms with Crippen molar-refractivity contribution in [3.63, 3.8) is 0 Å². The molecule has 2 aliphatic rings. The van der Waals surface area contributed by atoms with Gasteiger partial charge in [0, 0.05) is 5.70 Å². The first-order valence-corrected chi connectivity index (χ1v) is 6.31. The molecule has 108 valence electrons. The van der Waals surface area contributed by atoms with Gasteiger partial charge in [-0.3, -0.25) is 19.8 Å². The molecule has 7 heteroatoms. The Morgan fingerprint density at radius 2 is 2.24 bits per heavy atom. The number of furan rings is 1. The van der Waals surface area contributed by atoms with E-state index in [2.05, 4.69) is 5.32 Å². The van der Waals surface area contributed by atoms with E-state index in [4.69, 9.17) is 4.42 Å². The second-order valence-electron chi connectivity index (χ2n) is 4.87. The molecule has 1 fully saturated rings. The molecule has 1 aliphatic carbocycles. The van der Waals surface area contributed by atoms with Crippen LogP contribution in [-0.4, -0.2) is 34.5 Å². The number of carbonyl (C=O) groups excluding carboxylic acids is 2. The summed E-state index contributed by atoms with van der Waals surface area (Å²) in [6, 6.07) is 2.63. The van der Waals surface area contributed by atoms with Gasteiger partial charge in [-0.05, 0) is 30.7 Å². The van der Waals surface area contributed by atoms with Gasteiger partial charge < -0.3 is 9.52 Å². The number of carboxylic acid groups (broad SMARTS) is 1. The summed E-state index contributed by atoms with van der Waals surface area (Å²) in [7, 11) is 0. The highest BCUT2D eigenvalue weighted by atomic mass is 16.4. The summed E-state index contributed by atoms with van der Waals surface area (Å²) in [6.45, 7) is -0.122. The van der Waals surface area contributed by atoms with Crippen LogP contribution in [0.1, 0.15) is 12.2 Å². The highest BCUT2D eigenvalue weighted by Gasteiger charge is 2.43. The first-order chi connectivity index (χ1) is 10.0. The van der Waals surface area contributed by atoms with Gasteiger partial charge in [-0.25, -0.2) is 4.79 Å². The second-order valence-corrected chi connectivity index (χ2v) is 4.87. The topological polar surface area (TPSA) is 99.8 Å². The number of nitrogens with one attached hydrogen (secondary N) is 1. The molecule has 1 atom stereocenters. The lowest BCUT2D eigenvalue weighted by Gasteiger charge is -2.28. The normalized spacial score (nSPS) is 25.0. The number of carbonyl (C=O) groups is 3. The van der Waals surface area contributed by atoms with Crippen LogP contribution in [0, 0.1) is 0 Å². The van der Waals surface area contributed by atoms with Crippen molar-refractivity contribution in [3.05, 3.63) is 48.1 Å². The van der Waals surface area contributed by atoms with Gasteiger partial charge >= 0.3 is 12.0 Å². The zero-order valence-corrected chi connectivity index (χ0v) is 10.9. The number of hydrogen-bond acceptors (Lipinski definition) is 4. The predicted octanol–water partition coefficient (Wildman–Crippen LogP) is 0.998. The van der Waals surface area contributed by atoms with Crippen LogP contribution in [0.15, 0.2) is 46.7 Å². The summed E-state index contributed by atoms with van der Waals surface area (Å²) in [5.41, 5.74) is -1.01. The van der Waals surface area contributed by atoms with Crippen molar-refractivity contribution in [1.29, 1.82) is 0 Å². The number of allylic oxidation sites excluding steroid dienone is 2. The number of amides is 3. The quantitative estimate of drug-likeness (QED) is 0.808. The van der Waals surface area contributed by atoms with Crippen molar-refractivity contribution >= 4 is 17.9 Å². The maximum atomic E-state index is 11.8. The van der Waals surface area contributed by atoms with Gasteiger partial charge in [0.2, 0.25) is 5.91 Å². The van der Waals surface area contributed by atoms with Crippen LogP contribution in [0.5, 0.6) is 0 Å². The van der Waals surface area contributed by atoms with Crippen molar-refractivity contribution in [2.45, 2.75) is 11.8 Å². The van der Waals surface area contributed by atoms with Gasteiger partial charge in [-0.2, -0.15) is 0 Å². The van der Waals surface area contributed by atoms with Crippen molar-refractivity contribution in [1.82, 2.24) is 10.2 Å². The molecule has 3 rings (SSSR count). The number of carboxylic acids is 1. The van der Waals surface area contributed by atoms with Crippen LogP contribution < -0.4 is 5.32 Å². The summed E-state index contributed by atoms with van der Waals surface area (Å²) in [4.78, 5) is 35.9. The third-order valence-electron chi connectivity index (χ3n) is 3.57. The van der Waals surface area contributed by atoms with E-state index in [1.165, 1.54) is 17.2 Å². The van der Waals surface area contributed by atoms with Crippen molar-refractivity contribution in [2.24, 2.45) is 0 Å². The smallest absolute Gasteiger partial charge is 0.329 e. The van der Waals surface area contributed by atoms with Crippen LogP contribution in [0.25, 0.3) is 0 Å². The van der Waals surface area contributed by atoms with E-state index in [0.29, 0.717) is 5.70 Å². The molecular weight excluding hydrogens is 276 g/mol. The minimum Gasteiger partial charge on any atom is -0.480 e.